The van der Waals surface area contributed by atoms with Crippen LogP contribution in [0.15, 0.2) is 18.2 Å². The van der Waals surface area contributed by atoms with E-state index in [9.17, 15) is 19.3 Å². The van der Waals surface area contributed by atoms with Gasteiger partial charge in [0.25, 0.3) is 5.91 Å². The molecule has 0 bridgehead atoms. The third-order valence-corrected chi connectivity index (χ3v) is 3.91. The van der Waals surface area contributed by atoms with Crippen LogP contribution in [0, 0.1) is 21.8 Å². The molecule has 2 unspecified atom stereocenters. The average molecular weight is 295 g/mol. The van der Waals surface area contributed by atoms with E-state index in [0.717, 1.165) is 12.1 Å². The first kappa shape index (κ1) is 15.4. The third-order valence-electron chi connectivity index (χ3n) is 3.91. The molecule has 0 spiro atoms. The second-order valence-corrected chi connectivity index (χ2v) is 5.64. The molecule has 1 aromatic rings. The summed E-state index contributed by atoms with van der Waals surface area (Å²) in [5, 5.41) is 10.6. The molecule has 6 nitrogen and oxygen atoms in total. The lowest BCUT2D eigenvalue weighted by Gasteiger charge is -2.22. The number of hydrogen-bond donors (Lipinski definition) is 0. The highest BCUT2D eigenvalue weighted by atomic mass is 19.1. The van der Waals surface area contributed by atoms with Gasteiger partial charge in [-0.05, 0) is 32.1 Å². The number of nitrogens with zero attached hydrogens (tertiary/aromatic N) is 3. The van der Waals surface area contributed by atoms with Gasteiger partial charge in [-0.15, -0.1) is 0 Å². The minimum absolute atomic E-state index is 0.143. The van der Waals surface area contributed by atoms with Crippen molar-refractivity contribution in [2.45, 2.75) is 13.0 Å². The Labute approximate surface area is 122 Å². The van der Waals surface area contributed by atoms with Crippen LogP contribution in [0.1, 0.15) is 17.3 Å². The molecule has 0 aliphatic carbocycles. The van der Waals surface area contributed by atoms with Crippen molar-refractivity contribution >= 4 is 11.6 Å². The molecule has 7 heteroatoms. The topological polar surface area (TPSA) is 66.7 Å². The van der Waals surface area contributed by atoms with E-state index in [-0.39, 0.29) is 17.5 Å². The number of carbonyl (C=O) groups is 1. The fourth-order valence-electron chi connectivity index (χ4n) is 2.76. The van der Waals surface area contributed by atoms with Crippen molar-refractivity contribution in [1.82, 2.24) is 9.80 Å². The van der Waals surface area contributed by atoms with E-state index in [1.54, 1.807) is 4.90 Å². The molecule has 2 atom stereocenters. The number of likely N-dealkylation sites (N-methyl/N-ethyl adjacent to an activating group) is 1. The zero-order chi connectivity index (χ0) is 15.7. The van der Waals surface area contributed by atoms with Gasteiger partial charge in [-0.2, -0.15) is 4.39 Å². The molecule has 1 aromatic carbocycles. The Morgan fingerprint density at radius 2 is 2.10 bits per heavy atom. The number of nitro groups is 1. The average Bonchev–Trinajstić information content (AvgIpc) is 2.79. The molecular weight excluding hydrogens is 277 g/mol. The SMILES string of the molecule is CC1CN(C(=O)c2ccc([N+](=O)[O-])c(F)c2)CC1N(C)C. The summed E-state index contributed by atoms with van der Waals surface area (Å²) >= 11 is 0. The minimum atomic E-state index is -0.984. The molecule has 0 radical (unpaired) electrons. The number of benzene rings is 1. The largest absolute Gasteiger partial charge is 0.337 e. The summed E-state index contributed by atoms with van der Waals surface area (Å²) in [6.45, 7) is 3.24. The van der Waals surface area contributed by atoms with Crippen LogP contribution >= 0.6 is 0 Å². The van der Waals surface area contributed by atoms with Crippen LogP contribution in [0.25, 0.3) is 0 Å². The van der Waals surface area contributed by atoms with Gasteiger partial charge < -0.3 is 9.80 Å². The van der Waals surface area contributed by atoms with Gasteiger partial charge in [0.05, 0.1) is 4.92 Å². The number of likely N-dealkylation sites (tertiary alicyclic amines) is 1. The molecule has 1 fully saturated rings. The van der Waals surface area contributed by atoms with Gasteiger partial charge in [-0.3, -0.25) is 14.9 Å². The quantitative estimate of drug-likeness (QED) is 0.629. The van der Waals surface area contributed by atoms with Gasteiger partial charge >= 0.3 is 5.69 Å². The first-order chi connectivity index (χ1) is 9.81. The molecule has 114 valence electrons. The Bertz CT molecular complexity index is 577. The second-order valence-electron chi connectivity index (χ2n) is 5.64. The Morgan fingerprint density at radius 3 is 2.57 bits per heavy atom. The van der Waals surface area contributed by atoms with Gasteiger partial charge in [-0.1, -0.05) is 6.92 Å². The predicted octanol–water partition coefficient (Wildman–Crippen LogP) is 1.76. The molecule has 1 saturated heterocycles. The molecule has 21 heavy (non-hydrogen) atoms. The van der Waals surface area contributed by atoms with E-state index in [2.05, 4.69) is 11.8 Å². The summed E-state index contributed by atoms with van der Waals surface area (Å²) in [6, 6.07) is 3.54. The summed E-state index contributed by atoms with van der Waals surface area (Å²) < 4.78 is 13.6. The van der Waals surface area contributed by atoms with E-state index in [4.69, 9.17) is 0 Å². The van der Waals surface area contributed by atoms with Gasteiger partial charge in [0.1, 0.15) is 0 Å². The van der Waals surface area contributed by atoms with E-state index >= 15 is 0 Å². The second kappa shape index (κ2) is 5.77. The van der Waals surface area contributed by atoms with Crippen LogP contribution in [-0.4, -0.2) is 53.9 Å². The highest BCUT2D eigenvalue weighted by Gasteiger charge is 2.34. The maximum Gasteiger partial charge on any atom is 0.304 e. The van der Waals surface area contributed by atoms with Gasteiger partial charge in [0.2, 0.25) is 5.82 Å². The van der Waals surface area contributed by atoms with Crippen LogP contribution in [0.3, 0.4) is 0 Å². The number of nitro benzene ring substituents is 1. The van der Waals surface area contributed by atoms with Gasteiger partial charge in [-0.25, -0.2) is 0 Å². The third kappa shape index (κ3) is 3.02. The minimum Gasteiger partial charge on any atom is -0.337 e. The highest BCUT2D eigenvalue weighted by Crippen LogP contribution is 2.24. The van der Waals surface area contributed by atoms with Crippen LogP contribution in [0.5, 0.6) is 0 Å². The smallest absolute Gasteiger partial charge is 0.304 e. The standard InChI is InChI=1S/C14H18FN3O3/c1-9-7-17(8-13(9)16(2)3)14(19)10-4-5-12(18(20)21)11(15)6-10/h4-6,9,13H,7-8H2,1-3H3. The van der Waals surface area contributed by atoms with Crippen LogP contribution in [0.2, 0.25) is 0 Å². The molecule has 1 aliphatic heterocycles. The molecule has 1 amide bonds. The normalized spacial score (nSPS) is 21.9. The maximum atomic E-state index is 13.6. The lowest BCUT2D eigenvalue weighted by atomic mass is 10.1. The molecular formula is C14H18FN3O3. The van der Waals surface area contributed by atoms with Crippen LogP contribution in [-0.2, 0) is 0 Å². The van der Waals surface area contributed by atoms with E-state index in [0.29, 0.717) is 19.0 Å². The van der Waals surface area contributed by atoms with Crippen molar-refractivity contribution < 1.29 is 14.1 Å². The zero-order valence-electron chi connectivity index (χ0n) is 12.2. The lowest BCUT2D eigenvalue weighted by Crippen LogP contribution is -2.35. The number of halogens is 1. The highest BCUT2D eigenvalue weighted by molar-refractivity contribution is 5.94. The summed E-state index contributed by atoms with van der Waals surface area (Å²) in [4.78, 5) is 25.9. The number of amides is 1. The Morgan fingerprint density at radius 1 is 1.43 bits per heavy atom. The van der Waals surface area contributed by atoms with Gasteiger partial charge in [0.15, 0.2) is 0 Å². The number of hydrogen-bond acceptors (Lipinski definition) is 4. The van der Waals surface area contributed by atoms with Crippen LogP contribution < -0.4 is 0 Å². The molecule has 0 aromatic heterocycles. The molecule has 0 saturated carbocycles. The van der Waals surface area contributed by atoms with Crippen molar-refractivity contribution in [3.05, 3.63) is 39.7 Å². The molecule has 0 N–H and O–H groups in total. The fraction of sp³-hybridized carbons (Fsp3) is 0.500. The van der Waals surface area contributed by atoms with E-state index < -0.39 is 16.4 Å². The van der Waals surface area contributed by atoms with Crippen molar-refractivity contribution in [3.63, 3.8) is 0 Å². The van der Waals surface area contributed by atoms with E-state index in [1.807, 2.05) is 14.1 Å². The lowest BCUT2D eigenvalue weighted by molar-refractivity contribution is -0.387. The zero-order valence-corrected chi connectivity index (χ0v) is 12.2. The van der Waals surface area contributed by atoms with Crippen molar-refractivity contribution in [1.29, 1.82) is 0 Å². The molecule has 1 aliphatic rings. The Balaban J connectivity index is 2.18. The molecule has 1 heterocycles. The summed E-state index contributed by atoms with van der Waals surface area (Å²) in [5.74, 6) is -0.950. The Hall–Kier alpha value is -2.02. The first-order valence-corrected chi connectivity index (χ1v) is 6.71. The van der Waals surface area contributed by atoms with Crippen molar-refractivity contribution in [3.8, 4) is 0 Å². The summed E-state index contributed by atoms with van der Waals surface area (Å²) in [7, 11) is 3.92. The summed E-state index contributed by atoms with van der Waals surface area (Å²) in [6.07, 6.45) is 0. The predicted molar refractivity (Wildman–Crippen MR) is 75.6 cm³/mol. The summed E-state index contributed by atoms with van der Waals surface area (Å²) in [5.41, 5.74) is -0.475. The number of rotatable bonds is 3. The fourth-order valence-corrected chi connectivity index (χ4v) is 2.76. The molecule has 2 rings (SSSR count). The first-order valence-electron chi connectivity index (χ1n) is 6.71. The van der Waals surface area contributed by atoms with Gasteiger partial charge in [0, 0.05) is 30.8 Å². The maximum absolute atomic E-state index is 13.6. The van der Waals surface area contributed by atoms with Crippen LogP contribution in [0.4, 0.5) is 10.1 Å². The number of carbonyl (C=O) groups excluding carboxylic acids is 1. The Kier molecular flexibility index (Phi) is 4.22. The van der Waals surface area contributed by atoms with E-state index in [1.165, 1.54) is 6.07 Å². The van der Waals surface area contributed by atoms with Crippen molar-refractivity contribution in [2.24, 2.45) is 5.92 Å². The van der Waals surface area contributed by atoms with Crippen molar-refractivity contribution in [2.75, 3.05) is 27.2 Å². The monoisotopic (exact) mass is 295 g/mol.